The van der Waals surface area contributed by atoms with Gasteiger partial charge in [0.1, 0.15) is 0 Å². The largest absolute Gasteiger partial charge is 0.476 e. The van der Waals surface area contributed by atoms with Crippen LogP contribution < -0.4 is 10.2 Å². The molecular weight excluding hydrogens is 270 g/mol. The predicted octanol–water partition coefficient (Wildman–Crippen LogP) is 1.99. The van der Waals surface area contributed by atoms with Gasteiger partial charge in [0, 0.05) is 25.3 Å². The van der Waals surface area contributed by atoms with Gasteiger partial charge in [-0.3, -0.25) is 0 Å². The second-order valence-corrected chi connectivity index (χ2v) is 4.77. The minimum atomic E-state index is -1.07. The summed E-state index contributed by atoms with van der Waals surface area (Å²) in [6.07, 6.45) is 0.977. The zero-order chi connectivity index (χ0) is 15.1. The third kappa shape index (κ3) is 4.61. The number of aromatic carboxylic acids is 1. The maximum atomic E-state index is 10.7. The van der Waals surface area contributed by atoms with E-state index in [-0.39, 0.29) is 5.69 Å². The number of benzene rings is 1. The number of carboxylic acid groups (broad SMARTS) is 1. The van der Waals surface area contributed by atoms with E-state index in [1.807, 2.05) is 18.2 Å². The lowest BCUT2D eigenvalue weighted by molar-refractivity contribution is 0.0685. The Balaban J connectivity index is 1.64. The molecule has 0 atom stereocenters. The Morgan fingerprint density at radius 3 is 2.81 bits per heavy atom. The van der Waals surface area contributed by atoms with E-state index in [0.717, 1.165) is 19.5 Å². The number of anilines is 1. The minimum absolute atomic E-state index is 0.0596. The first-order valence-corrected chi connectivity index (χ1v) is 6.82. The van der Waals surface area contributed by atoms with E-state index in [0.29, 0.717) is 12.3 Å². The normalized spacial score (nSPS) is 10.5. The molecule has 0 aliphatic heterocycles. The van der Waals surface area contributed by atoms with Crippen LogP contribution in [0, 0.1) is 0 Å². The van der Waals surface area contributed by atoms with Gasteiger partial charge in [-0.15, -0.1) is 0 Å². The summed E-state index contributed by atoms with van der Waals surface area (Å²) < 4.78 is 4.92. The van der Waals surface area contributed by atoms with E-state index in [1.165, 1.54) is 11.8 Å². The number of para-hydroxylation sites is 1. The van der Waals surface area contributed by atoms with E-state index in [2.05, 4.69) is 34.6 Å². The first-order valence-electron chi connectivity index (χ1n) is 6.82. The molecule has 21 heavy (non-hydrogen) atoms. The van der Waals surface area contributed by atoms with Gasteiger partial charge in [-0.25, -0.2) is 4.79 Å². The number of hydrogen-bond acceptors (Lipinski definition) is 5. The van der Waals surface area contributed by atoms with Crippen LogP contribution in [0.5, 0.6) is 0 Å². The van der Waals surface area contributed by atoms with Gasteiger partial charge in [-0.1, -0.05) is 23.4 Å². The van der Waals surface area contributed by atoms with Gasteiger partial charge >= 0.3 is 5.97 Å². The van der Waals surface area contributed by atoms with Gasteiger partial charge < -0.3 is 19.8 Å². The highest BCUT2D eigenvalue weighted by molar-refractivity contribution is 5.85. The molecule has 1 aromatic heterocycles. The standard InChI is InChI=1S/C15H19N3O3/c1-18(12-6-3-2-4-7-12)9-5-8-16-11-13-10-14(15(19)20)17-21-13/h2-4,6-7,10,16H,5,8-9,11H2,1H3,(H,19,20). The third-order valence-electron chi connectivity index (χ3n) is 3.12. The zero-order valence-electron chi connectivity index (χ0n) is 12.0. The fourth-order valence-electron chi connectivity index (χ4n) is 1.96. The number of carboxylic acids is 1. The molecule has 0 radical (unpaired) electrons. The fraction of sp³-hybridized carbons (Fsp3) is 0.333. The van der Waals surface area contributed by atoms with Gasteiger partial charge in [0.05, 0.1) is 6.54 Å². The van der Waals surface area contributed by atoms with E-state index in [1.54, 1.807) is 0 Å². The van der Waals surface area contributed by atoms with Crippen LogP contribution in [-0.2, 0) is 6.54 Å². The quantitative estimate of drug-likeness (QED) is 0.724. The van der Waals surface area contributed by atoms with Crippen LogP contribution in [0.3, 0.4) is 0 Å². The summed E-state index contributed by atoms with van der Waals surface area (Å²) in [5.74, 6) is -0.543. The molecule has 1 heterocycles. The average molecular weight is 289 g/mol. The number of rotatable bonds is 8. The summed E-state index contributed by atoms with van der Waals surface area (Å²) in [4.78, 5) is 12.8. The monoisotopic (exact) mass is 289 g/mol. The number of hydrogen-bond donors (Lipinski definition) is 2. The minimum Gasteiger partial charge on any atom is -0.476 e. The summed E-state index contributed by atoms with van der Waals surface area (Å²) >= 11 is 0. The highest BCUT2D eigenvalue weighted by Crippen LogP contribution is 2.10. The van der Waals surface area contributed by atoms with Crippen molar-refractivity contribution < 1.29 is 14.4 Å². The van der Waals surface area contributed by atoms with Gasteiger partial charge in [0.2, 0.25) is 0 Å². The molecule has 0 saturated heterocycles. The molecule has 2 N–H and O–H groups in total. The van der Waals surface area contributed by atoms with Gasteiger partial charge in [-0.05, 0) is 25.1 Å². The molecule has 0 aliphatic carbocycles. The number of nitrogens with one attached hydrogen (secondary N) is 1. The number of aromatic nitrogens is 1. The molecule has 0 amide bonds. The summed E-state index contributed by atoms with van der Waals surface area (Å²) in [6.45, 7) is 2.24. The molecule has 1 aromatic carbocycles. The molecule has 0 fully saturated rings. The molecule has 2 rings (SSSR count). The second-order valence-electron chi connectivity index (χ2n) is 4.77. The van der Waals surface area contributed by atoms with Gasteiger partial charge in [0.25, 0.3) is 0 Å². The topological polar surface area (TPSA) is 78.6 Å². The SMILES string of the molecule is CN(CCCNCc1cc(C(=O)O)no1)c1ccccc1. The molecule has 2 aromatic rings. The van der Waals surface area contributed by atoms with Crippen molar-refractivity contribution in [1.29, 1.82) is 0 Å². The Labute approximate surface area is 123 Å². The second kappa shape index (κ2) is 7.44. The van der Waals surface area contributed by atoms with Crippen LogP contribution in [0.1, 0.15) is 22.7 Å². The predicted molar refractivity (Wildman–Crippen MR) is 79.5 cm³/mol. The molecule has 0 aliphatic rings. The summed E-state index contributed by atoms with van der Waals surface area (Å²) in [7, 11) is 2.06. The molecule has 0 saturated carbocycles. The van der Waals surface area contributed by atoms with E-state index in [9.17, 15) is 4.79 Å². The Bertz CT molecular complexity index is 569. The molecule has 6 nitrogen and oxygen atoms in total. The lowest BCUT2D eigenvalue weighted by atomic mass is 10.3. The van der Waals surface area contributed by atoms with Crippen molar-refractivity contribution in [3.63, 3.8) is 0 Å². The van der Waals surface area contributed by atoms with E-state index >= 15 is 0 Å². The van der Waals surface area contributed by atoms with Crippen LogP contribution in [0.15, 0.2) is 40.9 Å². The first kappa shape index (κ1) is 15.1. The molecular formula is C15H19N3O3. The van der Waals surface area contributed by atoms with Crippen molar-refractivity contribution in [2.24, 2.45) is 0 Å². The summed E-state index contributed by atoms with van der Waals surface area (Å²) in [5.41, 5.74) is 1.13. The Morgan fingerprint density at radius 1 is 1.38 bits per heavy atom. The molecule has 0 bridgehead atoms. The third-order valence-corrected chi connectivity index (χ3v) is 3.12. The Kier molecular flexibility index (Phi) is 5.34. The summed E-state index contributed by atoms with van der Waals surface area (Å²) in [6, 6.07) is 11.6. The van der Waals surface area contributed by atoms with Crippen molar-refractivity contribution in [1.82, 2.24) is 10.5 Å². The molecule has 6 heteroatoms. The van der Waals surface area contributed by atoms with Gasteiger partial charge in [0.15, 0.2) is 11.5 Å². The van der Waals surface area contributed by atoms with Crippen LogP contribution in [-0.4, -0.2) is 36.4 Å². The maximum Gasteiger partial charge on any atom is 0.358 e. The average Bonchev–Trinajstić information content (AvgIpc) is 2.97. The van der Waals surface area contributed by atoms with Crippen LogP contribution in [0.4, 0.5) is 5.69 Å². The van der Waals surface area contributed by atoms with Crippen LogP contribution in [0.25, 0.3) is 0 Å². The summed E-state index contributed by atoms with van der Waals surface area (Å²) in [5, 5.41) is 15.4. The van der Waals surface area contributed by atoms with Crippen molar-refractivity contribution in [3.8, 4) is 0 Å². The Morgan fingerprint density at radius 2 is 2.14 bits per heavy atom. The van der Waals surface area contributed by atoms with Crippen molar-refractivity contribution in [2.45, 2.75) is 13.0 Å². The lowest BCUT2D eigenvalue weighted by Crippen LogP contribution is -2.23. The number of nitrogens with zero attached hydrogens (tertiary/aromatic N) is 2. The van der Waals surface area contributed by atoms with Crippen LogP contribution in [0.2, 0.25) is 0 Å². The number of carbonyl (C=O) groups is 1. The first-order chi connectivity index (χ1) is 10.2. The van der Waals surface area contributed by atoms with E-state index < -0.39 is 5.97 Å². The van der Waals surface area contributed by atoms with E-state index in [4.69, 9.17) is 9.63 Å². The lowest BCUT2D eigenvalue weighted by Gasteiger charge is -2.19. The van der Waals surface area contributed by atoms with Crippen molar-refractivity contribution >= 4 is 11.7 Å². The zero-order valence-corrected chi connectivity index (χ0v) is 12.0. The van der Waals surface area contributed by atoms with Crippen LogP contribution >= 0.6 is 0 Å². The smallest absolute Gasteiger partial charge is 0.358 e. The maximum absolute atomic E-state index is 10.7. The molecule has 0 unspecified atom stereocenters. The van der Waals surface area contributed by atoms with Gasteiger partial charge in [-0.2, -0.15) is 0 Å². The highest BCUT2D eigenvalue weighted by Gasteiger charge is 2.09. The van der Waals surface area contributed by atoms with Crippen molar-refractivity contribution in [2.75, 3.05) is 25.0 Å². The highest BCUT2D eigenvalue weighted by atomic mass is 16.5. The van der Waals surface area contributed by atoms with Crippen molar-refractivity contribution in [3.05, 3.63) is 47.9 Å². The molecule has 0 spiro atoms. The molecule has 112 valence electrons. The Hall–Kier alpha value is -2.34. The fourth-order valence-corrected chi connectivity index (χ4v) is 1.96.